The molecule has 1 atom stereocenters. The first-order valence-electron chi connectivity index (χ1n) is 7.98. The highest BCUT2D eigenvalue weighted by molar-refractivity contribution is 6.33. The zero-order valence-electron chi connectivity index (χ0n) is 15.0. The molecular weight excluding hydrogens is 372 g/mol. The predicted octanol–water partition coefficient (Wildman–Crippen LogP) is 3.32. The van der Waals surface area contributed by atoms with Gasteiger partial charge in [0.25, 0.3) is 5.91 Å². The van der Waals surface area contributed by atoms with E-state index in [0.29, 0.717) is 11.3 Å². The van der Waals surface area contributed by atoms with E-state index in [-0.39, 0.29) is 27.8 Å². The average molecular weight is 391 g/mol. The number of anilines is 2. The number of carbonyl (C=O) groups is 3. The van der Waals surface area contributed by atoms with Gasteiger partial charge in [0.05, 0.1) is 17.8 Å². The van der Waals surface area contributed by atoms with Crippen molar-refractivity contribution in [1.29, 1.82) is 0 Å². The maximum absolute atomic E-state index is 12.4. The molecule has 0 aliphatic rings. The number of ketones is 1. The number of nitrogen functional groups attached to an aromatic ring is 1. The lowest BCUT2D eigenvalue weighted by Crippen LogP contribution is -2.30. The van der Waals surface area contributed by atoms with Gasteiger partial charge in [0.2, 0.25) is 0 Å². The number of amides is 1. The number of carbonyl (C=O) groups excluding carboxylic acids is 3. The molecule has 1 amide bonds. The van der Waals surface area contributed by atoms with Crippen LogP contribution in [0, 0.1) is 0 Å². The Bertz CT molecular complexity index is 898. The van der Waals surface area contributed by atoms with Gasteiger partial charge in [0, 0.05) is 17.3 Å². The van der Waals surface area contributed by atoms with Crippen molar-refractivity contribution in [2.45, 2.75) is 20.0 Å². The van der Waals surface area contributed by atoms with Gasteiger partial charge >= 0.3 is 5.97 Å². The quantitative estimate of drug-likeness (QED) is 0.445. The molecule has 0 saturated heterocycles. The van der Waals surface area contributed by atoms with Crippen molar-refractivity contribution in [3.8, 4) is 5.75 Å². The van der Waals surface area contributed by atoms with E-state index < -0.39 is 18.0 Å². The van der Waals surface area contributed by atoms with Gasteiger partial charge in [0.15, 0.2) is 11.9 Å². The molecule has 0 bridgehead atoms. The summed E-state index contributed by atoms with van der Waals surface area (Å²) < 4.78 is 10.3. The van der Waals surface area contributed by atoms with Gasteiger partial charge in [0.1, 0.15) is 11.3 Å². The minimum absolute atomic E-state index is 0.0509. The van der Waals surface area contributed by atoms with Crippen LogP contribution in [0.3, 0.4) is 0 Å². The highest BCUT2D eigenvalue weighted by atomic mass is 35.5. The number of Topliss-reactive ketones (excluding diaryl/α,β-unsaturated/α-hetero) is 1. The molecule has 0 aliphatic heterocycles. The van der Waals surface area contributed by atoms with Crippen molar-refractivity contribution in [2.24, 2.45) is 0 Å². The molecule has 2 aromatic rings. The van der Waals surface area contributed by atoms with Crippen LogP contribution in [-0.4, -0.2) is 30.9 Å². The molecule has 27 heavy (non-hydrogen) atoms. The Morgan fingerprint density at radius 1 is 1.19 bits per heavy atom. The molecule has 7 nitrogen and oxygen atoms in total. The molecule has 0 aliphatic carbocycles. The van der Waals surface area contributed by atoms with Gasteiger partial charge in [-0.15, -0.1) is 0 Å². The molecule has 2 rings (SSSR count). The van der Waals surface area contributed by atoms with Gasteiger partial charge in [-0.2, -0.15) is 0 Å². The molecule has 0 spiro atoms. The summed E-state index contributed by atoms with van der Waals surface area (Å²) in [5.74, 6) is -1.28. The van der Waals surface area contributed by atoms with Crippen LogP contribution < -0.4 is 15.8 Å². The maximum Gasteiger partial charge on any atom is 0.342 e. The first-order valence-corrected chi connectivity index (χ1v) is 8.36. The molecule has 0 unspecified atom stereocenters. The minimum Gasteiger partial charge on any atom is -0.496 e. The first kappa shape index (κ1) is 20.3. The van der Waals surface area contributed by atoms with Crippen LogP contribution in [0.5, 0.6) is 5.75 Å². The van der Waals surface area contributed by atoms with E-state index in [9.17, 15) is 14.4 Å². The number of benzene rings is 2. The summed E-state index contributed by atoms with van der Waals surface area (Å²) in [5, 5.41) is 2.76. The number of rotatable bonds is 6. The normalized spacial score (nSPS) is 11.4. The Labute approximate surface area is 161 Å². The van der Waals surface area contributed by atoms with Crippen molar-refractivity contribution >= 4 is 40.6 Å². The van der Waals surface area contributed by atoms with Crippen LogP contribution in [0.2, 0.25) is 5.02 Å². The van der Waals surface area contributed by atoms with Crippen LogP contribution in [0.15, 0.2) is 36.4 Å². The number of hydrogen-bond donors (Lipinski definition) is 2. The highest BCUT2D eigenvalue weighted by Crippen LogP contribution is 2.29. The van der Waals surface area contributed by atoms with Crippen LogP contribution in [0.25, 0.3) is 0 Å². The zero-order valence-corrected chi connectivity index (χ0v) is 15.8. The Morgan fingerprint density at radius 3 is 2.52 bits per heavy atom. The fraction of sp³-hybridized carbons (Fsp3) is 0.211. The van der Waals surface area contributed by atoms with E-state index in [4.69, 9.17) is 26.8 Å². The summed E-state index contributed by atoms with van der Waals surface area (Å²) in [6.07, 6.45) is -1.10. The van der Waals surface area contributed by atoms with E-state index in [1.807, 2.05) is 0 Å². The number of nitrogens with one attached hydrogen (secondary N) is 1. The largest absolute Gasteiger partial charge is 0.496 e. The topological polar surface area (TPSA) is 108 Å². The Morgan fingerprint density at radius 2 is 1.89 bits per heavy atom. The van der Waals surface area contributed by atoms with Crippen molar-refractivity contribution in [2.75, 3.05) is 18.2 Å². The molecular formula is C19H19ClN2O5. The number of hydrogen-bond acceptors (Lipinski definition) is 6. The fourth-order valence-electron chi connectivity index (χ4n) is 2.23. The van der Waals surface area contributed by atoms with Gasteiger partial charge in [-0.05, 0) is 32.0 Å². The fourth-order valence-corrected chi connectivity index (χ4v) is 2.40. The standard InChI is InChI=1S/C19H19ClN2O5/c1-10(23)12-5-4-6-13(7-12)22-18(24)11(2)27-19(25)14-8-15(20)16(21)9-17(14)26-3/h4-9,11H,21H2,1-3H3,(H,22,24)/t11-/m1/s1. The molecule has 0 fully saturated rings. The molecule has 0 heterocycles. The monoisotopic (exact) mass is 390 g/mol. The van der Waals surface area contributed by atoms with E-state index in [2.05, 4.69) is 5.32 Å². The SMILES string of the molecule is COc1cc(N)c(Cl)cc1C(=O)O[C@H](C)C(=O)Nc1cccc(C(C)=O)c1. The summed E-state index contributed by atoms with van der Waals surface area (Å²) in [7, 11) is 1.37. The molecule has 3 N–H and O–H groups in total. The van der Waals surface area contributed by atoms with Gasteiger partial charge < -0.3 is 20.5 Å². The number of nitrogens with two attached hydrogens (primary N) is 1. The third kappa shape index (κ3) is 4.98. The summed E-state index contributed by atoms with van der Waals surface area (Å²) in [5.41, 5.74) is 6.86. The van der Waals surface area contributed by atoms with Crippen molar-refractivity contribution in [3.05, 3.63) is 52.5 Å². The molecule has 2 aromatic carbocycles. The van der Waals surface area contributed by atoms with E-state index in [1.54, 1.807) is 18.2 Å². The van der Waals surface area contributed by atoms with Crippen molar-refractivity contribution in [1.82, 2.24) is 0 Å². The van der Waals surface area contributed by atoms with Crippen LogP contribution in [0.1, 0.15) is 34.6 Å². The Kier molecular flexibility index (Phi) is 6.41. The van der Waals surface area contributed by atoms with Crippen molar-refractivity contribution < 1.29 is 23.9 Å². The van der Waals surface area contributed by atoms with E-state index in [0.717, 1.165) is 0 Å². The Hall–Kier alpha value is -3.06. The second-order valence-electron chi connectivity index (χ2n) is 5.75. The predicted molar refractivity (Wildman–Crippen MR) is 102 cm³/mol. The van der Waals surface area contributed by atoms with Crippen LogP contribution in [0.4, 0.5) is 11.4 Å². The molecule has 142 valence electrons. The summed E-state index contributed by atoms with van der Waals surface area (Å²) >= 11 is 5.94. The second kappa shape index (κ2) is 8.55. The molecule has 0 radical (unpaired) electrons. The number of halogens is 1. The number of methoxy groups -OCH3 is 1. The summed E-state index contributed by atoms with van der Waals surface area (Å²) in [6.45, 7) is 2.85. The first-order chi connectivity index (χ1) is 12.7. The lowest BCUT2D eigenvalue weighted by molar-refractivity contribution is -0.123. The molecule has 8 heteroatoms. The number of ether oxygens (including phenoxy) is 2. The smallest absolute Gasteiger partial charge is 0.342 e. The number of esters is 1. The average Bonchev–Trinajstić information content (AvgIpc) is 2.63. The Balaban J connectivity index is 2.10. The van der Waals surface area contributed by atoms with Crippen molar-refractivity contribution in [3.63, 3.8) is 0 Å². The second-order valence-corrected chi connectivity index (χ2v) is 6.15. The molecule has 0 aromatic heterocycles. The zero-order chi connectivity index (χ0) is 20.1. The minimum atomic E-state index is -1.10. The lowest BCUT2D eigenvalue weighted by Gasteiger charge is -2.15. The molecule has 0 saturated carbocycles. The maximum atomic E-state index is 12.4. The lowest BCUT2D eigenvalue weighted by atomic mass is 10.1. The van der Waals surface area contributed by atoms with Crippen LogP contribution in [-0.2, 0) is 9.53 Å². The van der Waals surface area contributed by atoms with E-state index in [1.165, 1.54) is 39.2 Å². The van der Waals surface area contributed by atoms with Gasteiger partial charge in [-0.1, -0.05) is 23.7 Å². The third-order valence-electron chi connectivity index (χ3n) is 3.73. The van der Waals surface area contributed by atoms with E-state index >= 15 is 0 Å². The third-order valence-corrected chi connectivity index (χ3v) is 4.06. The summed E-state index contributed by atoms with van der Waals surface area (Å²) in [6, 6.07) is 9.16. The summed E-state index contributed by atoms with van der Waals surface area (Å²) in [4.78, 5) is 36.1. The van der Waals surface area contributed by atoms with Crippen LogP contribution >= 0.6 is 11.6 Å². The van der Waals surface area contributed by atoms with Gasteiger partial charge in [-0.3, -0.25) is 9.59 Å². The van der Waals surface area contributed by atoms with Gasteiger partial charge in [-0.25, -0.2) is 4.79 Å². The highest BCUT2D eigenvalue weighted by Gasteiger charge is 2.22.